The molecule has 0 atom stereocenters. The van der Waals surface area contributed by atoms with Crippen LogP contribution >= 0.6 is 0 Å². The summed E-state index contributed by atoms with van der Waals surface area (Å²) in [5.41, 5.74) is 7.81. The Kier molecular flexibility index (Phi) is 4.91. The van der Waals surface area contributed by atoms with E-state index in [9.17, 15) is 4.79 Å². The minimum atomic E-state index is -0.0285. The fraction of sp³-hybridized carbons (Fsp3) is 0.179. The van der Waals surface area contributed by atoms with Crippen molar-refractivity contribution < 1.29 is 4.79 Å². The average Bonchev–Trinajstić information content (AvgIpc) is 3.63. The Morgan fingerprint density at radius 2 is 1.66 bits per heavy atom. The molecule has 0 saturated heterocycles. The number of carbonyl (C=O) groups is 1. The average molecular weight is 463 g/mol. The van der Waals surface area contributed by atoms with Gasteiger partial charge in [-0.15, -0.1) is 0 Å². The first-order valence-corrected chi connectivity index (χ1v) is 11.7. The maximum atomic E-state index is 13.6. The summed E-state index contributed by atoms with van der Waals surface area (Å²) in [5, 5.41) is 9.48. The van der Waals surface area contributed by atoms with Crippen LogP contribution in [0.3, 0.4) is 0 Å². The summed E-state index contributed by atoms with van der Waals surface area (Å²) in [6.45, 7) is 7.11. The molecule has 0 bridgehead atoms. The molecule has 0 fully saturated rings. The Labute approximate surface area is 203 Å². The van der Waals surface area contributed by atoms with E-state index in [1.54, 1.807) is 6.20 Å². The van der Waals surface area contributed by atoms with Crippen LogP contribution < -0.4 is 0 Å². The number of fused-ring (bicyclic) bond motifs is 1. The first-order chi connectivity index (χ1) is 17.0. The quantitative estimate of drug-likeness (QED) is 0.381. The van der Waals surface area contributed by atoms with Crippen LogP contribution in [-0.2, 0) is 13.1 Å². The Balaban J connectivity index is 1.36. The molecule has 0 aliphatic carbocycles. The molecule has 4 heterocycles. The largest absolute Gasteiger partial charge is 0.328 e. The summed E-state index contributed by atoms with van der Waals surface area (Å²) in [6, 6.07) is 20.3. The van der Waals surface area contributed by atoms with Crippen LogP contribution in [-0.4, -0.2) is 34.9 Å². The van der Waals surface area contributed by atoms with E-state index in [-0.39, 0.29) is 5.91 Å². The van der Waals surface area contributed by atoms with Crippen molar-refractivity contribution in [3.63, 3.8) is 0 Å². The van der Waals surface area contributed by atoms with Crippen LogP contribution in [0.1, 0.15) is 38.4 Å². The van der Waals surface area contributed by atoms with Crippen molar-refractivity contribution in [1.29, 1.82) is 0 Å². The van der Waals surface area contributed by atoms with Gasteiger partial charge in [-0.25, -0.2) is 9.36 Å². The summed E-state index contributed by atoms with van der Waals surface area (Å²) < 4.78 is 5.91. The Morgan fingerprint density at radius 3 is 2.40 bits per heavy atom. The van der Waals surface area contributed by atoms with E-state index in [4.69, 9.17) is 5.10 Å². The van der Waals surface area contributed by atoms with Gasteiger partial charge >= 0.3 is 0 Å². The standard InChI is InChI=1S/C28H26N6O/c1-19-11-12-26(20(2)15-19)34-27(31-13-7-8-14-31)24-17-32(18-25(24)30-34)28(35)23-16-29-33(21(23)3)22-9-5-4-6-10-22/h4-16H,17-18H2,1-3H3. The molecule has 0 N–H and O–H groups in total. The smallest absolute Gasteiger partial charge is 0.257 e. The highest BCUT2D eigenvalue weighted by atomic mass is 16.2. The molecule has 5 aromatic rings. The van der Waals surface area contributed by atoms with Crippen LogP contribution in [0.25, 0.3) is 17.2 Å². The molecule has 1 aliphatic heterocycles. The van der Waals surface area contributed by atoms with Crippen molar-refractivity contribution in [1.82, 2.24) is 29.0 Å². The van der Waals surface area contributed by atoms with Gasteiger partial charge in [0.2, 0.25) is 0 Å². The highest BCUT2D eigenvalue weighted by Crippen LogP contribution is 2.32. The van der Waals surface area contributed by atoms with Gasteiger partial charge in [-0.1, -0.05) is 35.9 Å². The molecule has 7 heteroatoms. The van der Waals surface area contributed by atoms with Crippen molar-refractivity contribution in [3.8, 4) is 17.2 Å². The molecular weight excluding hydrogens is 436 g/mol. The monoisotopic (exact) mass is 462 g/mol. The number of para-hydroxylation sites is 1. The third-order valence-corrected chi connectivity index (χ3v) is 6.69. The predicted molar refractivity (Wildman–Crippen MR) is 134 cm³/mol. The molecule has 2 aromatic carbocycles. The normalized spacial score (nSPS) is 12.8. The predicted octanol–water partition coefficient (Wildman–Crippen LogP) is 4.93. The molecule has 35 heavy (non-hydrogen) atoms. The van der Waals surface area contributed by atoms with Crippen LogP contribution in [0.5, 0.6) is 0 Å². The molecule has 3 aromatic heterocycles. The number of hydrogen-bond acceptors (Lipinski definition) is 3. The third-order valence-electron chi connectivity index (χ3n) is 6.69. The van der Waals surface area contributed by atoms with Crippen LogP contribution in [0, 0.1) is 20.8 Å². The van der Waals surface area contributed by atoms with Gasteiger partial charge in [0.1, 0.15) is 5.82 Å². The van der Waals surface area contributed by atoms with Gasteiger partial charge in [0.25, 0.3) is 5.91 Å². The van der Waals surface area contributed by atoms with Gasteiger partial charge in [0.05, 0.1) is 47.6 Å². The highest BCUT2D eigenvalue weighted by Gasteiger charge is 2.33. The minimum absolute atomic E-state index is 0.0285. The number of rotatable bonds is 4. The van der Waals surface area contributed by atoms with Crippen molar-refractivity contribution in [2.45, 2.75) is 33.9 Å². The molecule has 7 nitrogen and oxygen atoms in total. The van der Waals surface area contributed by atoms with Gasteiger partial charge in [-0.05, 0) is 56.7 Å². The first kappa shape index (κ1) is 21.2. The second-order valence-corrected chi connectivity index (χ2v) is 9.09. The number of hydrogen-bond donors (Lipinski definition) is 0. The molecule has 6 rings (SSSR count). The van der Waals surface area contributed by atoms with Crippen LogP contribution in [0.15, 0.2) is 79.3 Å². The minimum Gasteiger partial charge on any atom is -0.328 e. The topological polar surface area (TPSA) is 60.9 Å². The van der Waals surface area contributed by atoms with Crippen molar-refractivity contribution in [2.24, 2.45) is 0 Å². The fourth-order valence-corrected chi connectivity index (χ4v) is 4.92. The van der Waals surface area contributed by atoms with E-state index in [2.05, 4.69) is 41.7 Å². The van der Waals surface area contributed by atoms with Crippen molar-refractivity contribution in [2.75, 3.05) is 0 Å². The SMILES string of the molecule is Cc1ccc(-n2nc3c(c2-n2cccc2)CN(C(=O)c2cnn(-c4ccccc4)c2C)C3)c(C)c1. The number of nitrogens with zero attached hydrogens (tertiary/aromatic N) is 6. The third kappa shape index (κ3) is 3.47. The van der Waals surface area contributed by atoms with Gasteiger partial charge in [-0.3, -0.25) is 4.79 Å². The maximum absolute atomic E-state index is 13.6. The summed E-state index contributed by atoms with van der Waals surface area (Å²) in [6.07, 6.45) is 5.72. The Hall–Kier alpha value is -4.39. The molecule has 1 aliphatic rings. The van der Waals surface area contributed by atoms with E-state index in [0.29, 0.717) is 18.7 Å². The number of carbonyl (C=O) groups excluding carboxylic acids is 1. The highest BCUT2D eigenvalue weighted by molar-refractivity contribution is 5.95. The van der Waals surface area contributed by atoms with Crippen molar-refractivity contribution in [3.05, 3.63) is 113 Å². The molecule has 0 radical (unpaired) electrons. The zero-order valence-corrected chi connectivity index (χ0v) is 20.0. The molecule has 0 unspecified atom stereocenters. The second-order valence-electron chi connectivity index (χ2n) is 9.09. The molecular formula is C28H26N6O. The maximum Gasteiger partial charge on any atom is 0.257 e. The van der Waals surface area contributed by atoms with Gasteiger partial charge in [-0.2, -0.15) is 10.2 Å². The van der Waals surface area contributed by atoms with Gasteiger partial charge in [0, 0.05) is 18.0 Å². The van der Waals surface area contributed by atoms with Gasteiger partial charge < -0.3 is 9.47 Å². The first-order valence-electron chi connectivity index (χ1n) is 11.7. The molecule has 174 valence electrons. The Morgan fingerprint density at radius 1 is 0.886 bits per heavy atom. The number of aromatic nitrogens is 5. The molecule has 0 spiro atoms. The summed E-state index contributed by atoms with van der Waals surface area (Å²) in [7, 11) is 0. The lowest BCUT2D eigenvalue weighted by molar-refractivity contribution is 0.0748. The van der Waals surface area contributed by atoms with Crippen LogP contribution in [0.2, 0.25) is 0 Å². The van der Waals surface area contributed by atoms with E-state index in [0.717, 1.165) is 39.7 Å². The fourth-order valence-electron chi connectivity index (χ4n) is 4.92. The van der Waals surface area contributed by atoms with E-state index in [1.165, 1.54) is 5.56 Å². The lowest BCUT2D eigenvalue weighted by Crippen LogP contribution is -2.27. The number of benzene rings is 2. The number of amides is 1. The zero-order chi connectivity index (χ0) is 24.1. The van der Waals surface area contributed by atoms with Gasteiger partial charge in [0.15, 0.2) is 0 Å². The number of aryl methyl sites for hydroxylation is 2. The van der Waals surface area contributed by atoms with E-state index >= 15 is 0 Å². The zero-order valence-electron chi connectivity index (χ0n) is 20.0. The lowest BCUT2D eigenvalue weighted by Gasteiger charge is -2.18. The molecule has 1 amide bonds. The molecule has 0 saturated carbocycles. The van der Waals surface area contributed by atoms with E-state index < -0.39 is 0 Å². The van der Waals surface area contributed by atoms with Crippen molar-refractivity contribution >= 4 is 5.91 Å². The summed E-state index contributed by atoms with van der Waals surface area (Å²) in [5.74, 6) is 0.947. The summed E-state index contributed by atoms with van der Waals surface area (Å²) in [4.78, 5) is 15.4. The van der Waals surface area contributed by atoms with E-state index in [1.807, 2.05) is 76.0 Å². The second kappa shape index (κ2) is 8.13. The lowest BCUT2D eigenvalue weighted by atomic mass is 10.1. The van der Waals surface area contributed by atoms with Crippen LogP contribution in [0.4, 0.5) is 0 Å². The summed E-state index contributed by atoms with van der Waals surface area (Å²) >= 11 is 0. The Bertz CT molecular complexity index is 1540.